The molecule has 0 radical (unpaired) electrons. The lowest BCUT2D eigenvalue weighted by Gasteiger charge is -2.11. The Labute approximate surface area is 146 Å². The number of hydrogen-bond donors (Lipinski definition) is 1. The van der Waals surface area contributed by atoms with Crippen molar-refractivity contribution in [1.82, 2.24) is 0 Å². The summed E-state index contributed by atoms with van der Waals surface area (Å²) >= 11 is 1.03. The number of rotatable bonds is 5. The van der Waals surface area contributed by atoms with Crippen molar-refractivity contribution in [2.24, 2.45) is 0 Å². The summed E-state index contributed by atoms with van der Waals surface area (Å²) in [5, 5.41) is 9.20. The van der Waals surface area contributed by atoms with Gasteiger partial charge < -0.3 is 14.3 Å². The lowest BCUT2D eigenvalue weighted by molar-refractivity contribution is -0.274. The molecule has 0 saturated heterocycles. The van der Waals surface area contributed by atoms with Crippen LogP contribution in [0.2, 0.25) is 0 Å². The lowest BCUT2D eigenvalue weighted by Crippen LogP contribution is -2.16. The first-order chi connectivity index (χ1) is 12.0. The molecule has 0 aliphatic rings. The molecule has 0 fully saturated rings. The smallest absolute Gasteiger partial charge is 0.420 e. The molecule has 0 saturated carbocycles. The minimum absolute atomic E-state index is 0.280. The Balaban J connectivity index is 1.76. The van der Waals surface area contributed by atoms with Crippen molar-refractivity contribution >= 4 is 29.0 Å². The van der Waals surface area contributed by atoms with Gasteiger partial charge in [0, 0.05) is 22.1 Å². The second kappa shape index (κ2) is 7.06. The van der Waals surface area contributed by atoms with Gasteiger partial charge in [0.2, 0.25) is 0 Å². The lowest BCUT2D eigenvalue weighted by atomic mass is 10.0. The van der Waals surface area contributed by atoms with Crippen LogP contribution < -0.4 is 8.92 Å². The van der Waals surface area contributed by atoms with E-state index in [9.17, 15) is 13.2 Å². The van der Waals surface area contributed by atoms with E-state index in [0.717, 1.165) is 28.4 Å². The summed E-state index contributed by atoms with van der Waals surface area (Å²) in [7, 11) is 0. The molecular formula is C18H12F3NO2S. The molecule has 0 unspecified atom stereocenters. The predicted octanol–water partition coefficient (Wildman–Crippen LogP) is 5.82. The van der Waals surface area contributed by atoms with Crippen LogP contribution in [0.15, 0.2) is 65.6 Å². The van der Waals surface area contributed by atoms with Gasteiger partial charge in [0.15, 0.2) is 0 Å². The van der Waals surface area contributed by atoms with Crippen LogP contribution in [0.4, 0.5) is 13.2 Å². The molecule has 0 aliphatic carbocycles. The van der Waals surface area contributed by atoms with Crippen molar-refractivity contribution in [3.05, 3.63) is 66.2 Å². The van der Waals surface area contributed by atoms with E-state index in [1.54, 1.807) is 12.1 Å². The third-order valence-electron chi connectivity index (χ3n) is 3.36. The largest absolute Gasteiger partial charge is 0.573 e. The molecule has 0 spiro atoms. The van der Waals surface area contributed by atoms with Gasteiger partial charge in [-0.2, -0.15) is 0 Å². The monoisotopic (exact) mass is 363 g/mol. The quantitative estimate of drug-likeness (QED) is 0.459. The first-order valence-electron chi connectivity index (χ1n) is 7.19. The third-order valence-corrected chi connectivity index (χ3v) is 4.09. The van der Waals surface area contributed by atoms with Crippen molar-refractivity contribution in [3.8, 4) is 11.5 Å². The zero-order chi connectivity index (χ0) is 17.9. The van der Waals surface area contributed by atoms with Gasteiger partial charge in [-0.25, -0.2) is 0 Å². The minimum atomic E-state index is -4.71. The number of hydrogen-bond acceptors (Lipinski definition) is 4. The molecule has 25 heavy (non-hydrogen) atoms. The predicted molar refractivity (Wildman–Crippen MR) is 91.4 cm³/mol. The van der Waals surface area contributed by atoms with Crippen LogP contribution in [0.3, 0.4) is 0 Å². The number of ether oxygens (including phenoxy) is 1. The SMILES string of the molecule is N=Cc1ccc(OSc2ccc(OC(F)(F)F)cc2)c2ccccc12. The van der Waals surface area contributed by atoms with E-state index in [1.165, 1.54) is 30.5 Å². The van der Waals surface area contributed by atoms with Gasteiger partial charge in [0.05, 0.1) is 12.0 Å². The molecule has 3 rings (SSSR count). The van der Waals surface area contributed by atoms with Crippen LogP contribution in [0.5, 0.6) is 11.5 Å². The van der Waals surface area contributed by atoms with Crippen molar-refractivity contribution < 1.29 is 22.1 Å². The molecule has 3 nitrogen and oxygen atoms in total. The van der Waals surface area contributed by atoms with E-state index in [1.807, 2.05) is 24.3 Å². The molecule has 3 aromatic rings. The van der Waals surface area contributed by atoms with Crippen molar-refractivity contribution in [3.63, 3.8) is 0 Å². The molecule has 0 aromatic heterocycles. The second-order valence-corrected chi connectivity index (χ2v) is 5.83. The average molecular weight is 363 g/mol. The van der Waals surface area contributed by atoms with E-state index >= 15 is 0 Å². The Morgan fingerprint density at radius 1 is 0.880 bits per heavy atom. The van der Waals surface area contributed by atoms with Crippen molar-refractivity contribution in [1.29, 1.82) is 5.41 Å². The number of alkyl halides is 3. The van der Waals surface area contributed by atoms with Gasteiger partial charge in [0.1, 0.15) is 11.5 Å². The molecule has 0 atom stereocenters. The summed E-state index contributed by atoms with van der Waals surface area (Å²) in [6.45, 7) is 0. The van der Waals surface area contributed by atoms with E-state index < -0.39 is 6.36 Å². The normalized spacial score (nSPS) is 11.3. The van der Waals surface area contributed by atoms with Crippen LogP contribution in [-0.2, 0) is 0 Å². The Morgan fingerprint density at radius 2 is 1.56 bits per heavy atom. The maximum absolute atomic E-state index is 12.2. The highest BCUT2D eigenvalue weighted by molar-refractivity contribution is 7.95. The highest BCUT2D eigenvalue weighted by Crippen LogP contribution is 2.33. The molecule has 0 aliphatic heterocycles. The fourth-order valence-corrected chi connectivity index (χ4v) is 2.86. The number of benzene rings is 3. The summed E-state index contributed by atoms with van der Waals surface area (Å²) in [6, 6.07) is 16.5. The first kappa shape index (κ1) is 17.2. The topological polar surface area (TPSA) is 42.3 Å². The maximum Gasteiger partial charge on any atom is 0.573 e. The summed E-state index contributed by atoms with van der Waals surface area (Å²) in [6.07, 6.45) is -3.43. The Kier molecular flexibility index (Phi) is 4.85. The van der Waals surface area contributed by atoms with E-state index in [4.69, 9.17) is 9.59 Å². The molecular weight excluding hydrogens is 351 g/mol. The zero-order valence-electron chi connectivity index (χ0n) is 12.7. The van der Waals surface area contributed by atoms with Gasteiger partial charge in [-0.05, 0) is 41.8 Å². The third kappa shape index (κ3) is 4.24. The Bertz CT molecular complexity index is 895. The second-order valence-electron chi connectivity index (χ2n) is 5.03. The Hall–Kier alpha value is -2.67. The minimum Gasteiger partial charge on any atom is -0.420 e. The summed E-state index contributed by atoms with van der Waals surface area (Å²) < 4.78 is 46.0. The first-order valence-corrected chi connectivity index (χ1v) is 7.93. The standard InChI is InChI=1S/C18H12F3NO2S/c19-18(20,21)23-13-6-8-14(9-7-13)25-24-17-10-5-12(11-22)15-3-1-2-4-16(15)17/h1-11,22H. The molecule has 1 N–H and O–H groups in total. The van der Waals surface area contributed by atoms with Gasteiger partial charge in [-0.15, -0.1) is 13.2 Å². The van der Waals surface area contributed by atoms with Crippen LogP contribution >= 0.6 is 12.0 Å². The number of fused-ring (bicyclic) bond motifs is 1. The molecule has 0 amide bonds. The van der Waals surface area contributed by atoms with E-state index in [2.05, 4.69) is 4.74 Å². The molecule has 7 heteroatoms. The number of nitrogens with one attached hydrogen (secondary N) is 1. The molecule has 3 aromatic carbocycles. The van der Waals surface area contributed by atoms with Gasteiger partial charge in [-0.3, -0.25) is 0 Å². The molecule has 0 bridgehead atoms. The summed E-state index contributed by atoms with van der Waals surface area (Å²) in [5.41, 5.74) is 0.779. The fourth-order valence-electron chi connectivity index (χ4n) is 2.28. The highest BCUT2D eigenvalue weighted by atomic mass is 32.2. The van der Waals surface area contributed by atoms with Crippen LogP contribution in [-0.4, -0.2) is 12.6 Å². The molecule has 128 valence electrons. The maximum atomic E-state index is 12.2. The number of halogens is 3. The van der Waals surface area contributed by atoms with Crippen LogP contribution in [0.25, 0.3) is 10.8 Å². The van der Waals surface area contributed by atoms with Crippen LogP contribution in [0, 0.1) is 5.41 Å². The van der Waals surface area contributed by atoms with Gasteiger partial charge in [-0.1, -0.05) is 24.3 Å². The van der Waals surface area contributed by atoms with Crippen molar-refractivity contribution in [2.45, 2.75) is 11.3 Å². The van der Waals surface area contributed by atoms with E-state index in [0.29, 0.717) is 10.6 Å². The average Bonchev–Trinajstić information content (AvgIpc) is 2.59. The Morgan fingerprint density at radius 3 is 2.20 bits per heavy atom. The molecule has 0 heterocycles. The summed E-state index contributed by atoms with van der Waals surface area (Å²) in [5.74, 6) is 0.333. The van der Waals surface area contributed by atoms with Crippen molar-refractivity contribution in [2.75, 3.05) is 0 Å². The van der Waals surface area contributed by atoms with Crippen LogP contribution in [0.1, 0.15) is 5.56 Å². The zero-order valence-corrected chi connectivity index (χ0v) is 13.5. The van der Waals surface area contributed by atoms with Gasteiger partial charge in [0.25, 0.3) is 0 Å². The van der Waals surface area contributed by atoms with E-state index in [-0.39, 0.29) is 5.75 Å². The summed E-state index contributed by atoms with van der Waals surface area (Å²) in [4.78, 5) is 0.634. The van der Waals surface area contributed by atoms with Gasteiger partial charge >= 0.3 is 6.36 Å². The highest BCUT2D eigenvalue weighted by Gasteiger charge is 2.30. The fraction of sp³-hybridized carbons (Fsp3) is 0.0556.